The fraction of sp³-hybridized carbons (Fsp3) is 0.0588. The minimum Gasteiger partial charge on any atom is -0.317 e. The van der Waals surface area contributed by atoms with E-state index in [1.165, 1.54) is 36.0 Å². The van der Waals surface area contributed by atoms with Crippen LogP contribution in [0.15, 0.2) is 54.9 Å². The van der Waals surface area contributed by atoms with Gasteiger partial charge in [-0.2, -0.15) is 5.10 Å². The second-order valence-corrected chi connectivity index (χ2v) is 5.57. The van der Waals surface area contributed by atoms with Gasteiger partial charge >= 0.3 is 5.69 Å². The smallest absolute Gasteiger partial charge is 0.317 e. The van der Waals surface area contributed by atoms with E-state index in [0.717, 1.165) is 6.20 Å². The van der Waals surface area contributed by atoms with Gasteiger partial charge in [-0.3, -0.25) is 29.7 Å². The number of nitrogens with zero attached hydrogens (tertiary/aromatic N) is 5. The molecule has 0 aliphatic carbocycles. The lowest BCUT2D eigenvalue weighted by Gasteiger charge is -2.06. The molecule has 0 atom stereocenters. The molecule has 0 saturated carbocycles. The Labute approximate surface area is 152 Å². The normalized spacial score (nSPS) is 11.0. The Morgan fingerprint density at radius 3 is 2.63 bits per heavy atom. The Balaban J connectivity index is 1.91. The lowest BCUT2D eigenvalue weighted by molar-refractivity contribution is -0.385. The number of carbonyl (C=O) groups excluding carboxylic acids is 1. The van der Waals surface area contributed by atoms with E-state index in [9.17, 15) is 25.0 Å². The predicted octanol–water partition coefficient (Wildman–Crippen LogP) is 2.92. The average Bonchev–Trinajstić information content (AvgIpc) is 3.26. The third-order valence-electron chi connectivity index (χ3n) is 3.74. The number of aromatic nitrogens is 3. The minimum atomic E-state index is -0.667. The van der Waals surface area contributed by atoms with Crippen LogP contribution in [0.1, 0.15) is 16.2 Å². The van der Waals surface area contributed by atoms with Crippen LogP contribution in [0.3, 0.4) is 0 Å². The van der Waals surface area contributed by atoms with E-state index in [4.69, 9.17) is 0 Å². The zero-order valence-electron chi connectivity index (χ0n) is 14.1. The van der Waals surface area contributed by atoms with Crippen molar-refractivity contribution >= 4 is 23.2 Å². The molecule has 1 aromatic carbocycles. The Hall–Kier alpha value is -4.08. The highest BCUT2D eigenvalue weighted by molar-refractivity contribution is 6.07. The summed E-state index contributed by atoms with van der Waals surface area (Å²) < 4.78 is 2.86. The number of benzene rings is 1. The number of nitro benzene ring substituents is 1. The second-order valence-electron chi connectivity index (χ2n) is 5.57. The van der Waals surface area contributed by atoms with Crippen LogP contribution in [-0.4, -0.2) is 30.0 Å². The van der Waals surface area contributed by atoms with Crippen molar-refractivity contribution < 1.29 is 14.6 Å². The van der Waals surface area contributed by atoms with E-state index in [-0.39, 0.29) is 17.1 Å². The molecule has 0 bridgehead atoms. The maximum absolute atomic E-state index is 12.3. The van der Waals surface area contributed by atoms with Gasteiger partial charge in [-0.05, 0) is 30.4 Å². The van der Waals surface area contributed by atoms with Crippen molar-refractivity contribution in [2.45, 2.75) is 0 Å². The molecule has 0 amide bonds. The molecular weight excluding hydrogens is 354 g/mol. The Morgan fingerprint density at radius 1 is 1.15 bits per heavy atom. The first-order chi connectivity index (χ1) is 12.9. The van der Waals surface area contributed by atoms with Gasteiger partial charge < -0.3 is 4.57 Å². The van der Waals surface area contributed by atoms with Gasteiger partial charge in [0.15, 0.2) is 0 Å². The summed E-state index contributed by atoms with van der Waals surface area (Å²) in [4.78, 5) is 33.1. The number of ketones is 1. The molecule has 0 saturated heterocycles. The van der Waals surface area contributed by atoms with Crippen LogP contribution >= 0.6 is 0 Å². The van der Waals surface area contributed by atoms with E-state index >= 15 is 0 Å². The molecule has 2 aromatic heterocycles. The summed E-state index contributed by atoms with van der Waals surface area (Å²) in [5, 5.41) is 25.8. The lowest BCUT2D eigenvalue weighted by Crippen LogP contribution is -2.01. The van der Waals surface area contributed by atoms with Crippen molar-refractivity contribution in [3.05, 3.63) is 86.5 Å². The van der Waals surface area contributed by atoms with Gasteiger partial charge in [0, 0.05) is 31.1 Å². The van der Waals surface area contributed by atoms with Gasteiger partial charge in [-0.25, -0.2) is 0 Å². The summed E-state index contributed by atoms with van der Waals surface area (Å²) in [6.07, 6.45) is 5.50. The molecule has 3 aromatic rings. The maximum Gasteiger partial charge on any atom is 0.318 e. The number of aryl methyl sites for hydroxylation is 1. The number of hydrogen-bond donors (Lipinski definition) is 0. The van der Waals surface area contributed by atoms with E-state index in [0.29, 0.717) is 11.4 Å². The molecule has 0 spiro atoms. The van der Waals surface area contributed by atoms with E-state index in [2.05, 4.69) is 5.10 Å². The van der Waals surface area contributed by atoms with Crippen LogP contribution in [0.25, 0.3) is 11.8 Å². The topological polar surface area (TPSA) is 126 Å². The zero-order valence-corrected chi connectivity index (χ0v) is 14.1. The van der Waals surface area contributed by atoms with Crippen LogP contribution in [0.5, 0.6) is 0 Å². The number of nitro groups is 2. The molecule has 27 heavy (non-hydrogen) atoms. The van der Waals surface area contributed by atoms with Crippen molar-refractivity contribution in [1.82, 2.24) is 14.3 Å². The molecule has 0 N–H and O–H groups in total. The molecular formula is C17H13N5O5. The Morgan fingerprint density at radius 2 is 1.93 bits per heavy atom. The van der Waals surface area contributed by atoms with Gasteiger partial charge in [-0.15, -0.1) is 0 Å². The molecule has 2 heterocycles. The molecule has 0 unspecified atom stereocenters. The molecule has 10 nitrogen and oxygen atoms in total. The number of allylic oxidation sites excluding steroid dienone is 1. The summed E-state index contributed by atoms with van der Waals surface area (Å²) in [5.41, 5.74) is 0.428. The van der Waals surface area contributed by atoms with Crippen molar-refractivity contribution in [2.75, 3.05) is 0 Å². The molecule has 136 valence electrons. The first-order valence-corrected chi connectivity index (χ1v) is 7.69. The Kier molecular flexibility index (Phi) is 4.62. The van der Waals surface area contributed by atoms with Crippen molar-refractivity contribution in [3.63, 3.8) is 0 Å². The van der Waals surface area contributed by atoms with Crippen LogP contribution in [0, 0.1) is 20.2 Å². The number of hydrogen-bond acceptors (Lipinski definition) is 6. The quantitative estimate of drug-likeness (QED) is 0.285. The van der Waals surface area contributed by atoms with Crippen LogP contribution in [0.2, 0.25) is 0 Å². The summed E-state index contributed by atoms with van der Waals surface area (Å²) in [7, 11) is 1.49. The third-order valence-corrected chi connectivity index (χ3v) is 3.74. The fourth-order valence-corrected chi connectivity index (χ4v) is 2.55. The van der Waals surface area contributed by atoms with Crippen LogP contribution in [0.4, 0.5) is 11.4 Å². The molecule has 0 aliphatic heterocycles. The van der Waals surface area contributed by atoms with E-state index in [1.54, 1.807) is 35.0 Å². The summed E-state index contributed by atoms with van der Waals surface area (Å²) in [6, 6.07) is 9.45. The minimum absolute atomic E-state index is 0.0590. The van der Waals surface area contributed by atoms with Gasteiger partial charge in [0.1, 0.15) is 6.20 Å². The van der Waals surface area contributed by atoms with Gasteiger partial charge in [0.05, 0.1) is 15.5 Å². The monoisotopic (exact) mass is 367 g/mol. The SMILES string of the molecule is Cn1cc([N+](=O)[O-])c(C(=O)/C=C/c2cccn2-c2cccc([N+](=O)[O-])c2)n1. The molecule has 10 heteroatoms. The second kappa shape index (κ2) is 7.04. The molecule has 0 radical (unpaired) electrons. The van der Waals surface area contributed by atoms with E-state index < -0.39 is 15.6 Å². The van der Waals surface area contributed by atoms with Gasteiger partial charge in [-0.1, -0.05) is 6.07 Å². The van der Waals surface area contributed by atoms with Crippen molar-refractivity contribution in [1.29, 1.82) is 0 Å². The van der Waals surface area contributed by atoms with Crippen molar-refractivity contribution in [3.8, 4) is 5.69 Å². The summed E-state index contributed by atoms with van der Waals surface area (Å²) in [6.45, 7) is 0. The highest BCUT2D eigenvalue weighted by Gasteiger charge is 2.23. The predicted molar refractivity (Wildman–Crippen MR) is 95.7 cm³/mol. The molecule has 3 rings (SSSR count). The lowest BCUT2D eigenvalue weighted by atomic mass is 10.2. The standard InChI is InChI=1S/C17H13N5O5/c1-19-11-15(22(26)27)17(18-19)16(23)8-7-12-6-3-9-20(12)13-4-2-5-14(10-13)21(24)25/h2-11H,1H3/b8-7+. The van der Waals surface area contributed by atoms with Gasteiger partial charge in [0.2, 0.25) is 11.5 Å². The maximum atomic E-state index is 12.3. The average molecular weight is 367 g/mol. The number of non-ortho nitro benzene ring substituents is 1. The highest BCUT2D eigenvalue weighted by Crippen LogP contribution is 2.21. The van der Waals surface area contributed by atoms with Crippen LogP contribution in [-0.2, 0) is 7.05 Å². The summed E-state index contributed by atoms with van der Waals surface area (Å²) in [5.74, 6) is -0.617. The first kappa shape index (κ1) is 17.7. The fourth-order valence-electron chi connectivity index (χ4n) is 2.55. The van der Waals surface area contributed by atoms with Crippen molar-refractivity contribution in [2.24, 2.45) is 7.05 Å². The third kappa shape index (κ3) is 3.63. The number of rotatable bonds is 6. The first-order valence-electron chi connectivity index (χ1n) is 7.69. The number of carbonyl (C=O) groups is 1. The Bertz CT molecular complexity index is 1080. The molecule has 0 fully saturated rings. The van der Waals surface area contributed by atoms with E-state index in [1.807, 2.05) is 0 Å². The van der Waals surface area contributed by atoms with Gasteiger partial charge in [0.25, 0.3) is 5.69 Å². The van der Waals surface area contributed by atoms with Crippen LogP contribution < -0.4 is 0 Å². The largest absolute Gasteiger partial charge is 0.318 e. The molecule has 0 aliphatic rings. The highest BCUT2D eigenvalue weighted by atomic mass is 16.6. The summed E-state index contributed by atoms with van der Waals surface area (Å²) >= 11 is 0. The zero-order chi connectivity index (χ0) is 19.6.